The molecule has 0 heterocycles. The van der Waals surface area contributed by atoms with Crippen LogP contribution in [0.4, 0.5) is 14.5 Å². The van der Waals surface area contributed by atoms with Gasteiger partial charge in [0, 0.05) is 11.8 Å². The van der Waals surface area contributed by atoms with E-state index in [2.05, 4.69) is 16.0 Å². The average Bonchev–Trinajstić information content (AvgIpc) is 2.26. The van der Waals surface area contributed by atoms with Gasteiger partial charge in [-0.25, -0.2) is 0 Å². The second kappa shape index (κ2) is 5.81. The molecule has 3 nitrogen and oxygen atoms in total. The van der Waals surface area contributed by atoms with Crippen LogP contribution in [-0.2, 0) is 0 Å². The lowest BCUT2D eigenvalue weighted by Gasteiger charge is -2.11. The van der Waals surface area contributed by atoms with E-state index in [0.29, 0.717) is 12.2 Å². The van der Waals surface area contributed by atoms with Crippen LogP contribution in [0, 0.1) is 12.3 Å². The average molecular weight is 227 g/mol. The minimum absolute atomic E-state index is 0.0282. The van der Waals surface area contributed by atoms with Crippen LogP contribution in [0.5, 0.6) is 11.5 Å². The molecule has 1 rings (SSSR count). The van der Waals surface area contributed by atoms with Crippen molar-refractivity contribution in [1.29, 1.82) is 0 Å². The maximum absolute atomic E-state index is 12.1. The number of hydrogen-bond acceptors (Lipinski definition) is 3. The van der Waals surface area contributed by atoms with Crippen LogP contribution in [0.3, 0.4) is 0 Å². The second-order valence-electron chi connectivity index (χ2n) is 2.80. The standard InChI is InChI=1S/C11H11F2NO2/c1-3-6-14-8-4-5-9(15-2)10(7-8)16-11(12)13/h1,4-5,7,11,14H,6H2,2H3. The fraction of sp³-hybridized carbons (Fsp3) is 0.273. The Labute approximate surface area is 92.4 Å². The number of rotatable bonds is 5. The van der Waals surface area contributed by atoms with Gasteiger partial charge in [0.25, 0.3) is 0 Å². The molecular formula is C11H11F2NO2. The highest BCUT2D eigenvalue weighted by Crippen LogP contribution is 2.31. The number of ether oxygens (including phenoxy) is 2. The molecule has 16 heavy (non-hydrogen) atoms. The molecule has 0 aliphatic carbocycles. The summed E-state index contributed by atoms with van der Waals surface area (Å²) in [6.07, 6.45) is 5.06. The minimum atomic E-state index is -2.89. The number of hydrogen-bond donors (Lipinski definition) is 1. The van der Waals surface area contributed by atoms with Gasteiger partial charge in [0.15, 0.2) is 11.5 Å². The molecule has 0 unspecified atom stereocenters. The van der Waals surface area contributed by atoms with Crippen molar-refractivity contribution < 1.29 is 18.3 Å². The van der Waals surface area contributed by atoms with Crippen LogP contribution in [-0.4, -0.2) is 20.3 Å². The normalized spacial score (nSPS) is 9.69. The van der Waals surface area contributed by atoms with E-state index in [0.717, 1.165) is 0 Å². The van der Waals surface area contributed by atoms with Gasteiger partial charge in [0.1, 0.15) is 0 Å². The lowest BCUT2D eigenvalue weighted by Crippen LogP contribution is -2.05. The van der Waals surface area contributed by atoms with E-state index in [1.54, 1.807) is 6.07 Å². The van der Waals surface area contributed by atoms with E-state index >= 15 is 0 Å². The van der Waals surface area contributed by atoms with E-state index in [9.17, 15) is 8.78 Å². The molecule has 0 spiro atoms. The Balaban J connectivity index is 2.88. The van der Waals surface area contributed by atoms with Gasteiger partial charge in [-0.2, -0.15) is 8.78 Å². The van der Waals surface area contributed by atoms with Crippen molar-refractivity contribution in [3.05, 3.63) is 18.2 Å². The molecule has 0 saturated carbocycles. The molecular weight excluding hydrogens is 216 g/mol. The van der Waals surface area contributed by atoms with Crippen molar-refractivity contribution in [2.75, 3.05) is 19.0 Å². The first-order valence-corrected chi connectivity index (χ1v) is 4.47. The molecule has 0 aliphatic rings. The van der Waals surface area contributed by atoms with Gasteiger partial charge < -0.3 is 14.8 Å². The van der Waals surface area contributed by atoms with Crippen LogP contribution in [0.25, 0.3) is 0 Å². The van der Waals surface area contributed by atoms with Crippen LogP contribution >= 0.6 is 0 Å². The molecule has 0 bridgehead atoms. The fourth-order valence-electron chi connectivity index (χ4n) is 1.13. The van der Waals surface area contributed by atoms with Crippen LogP contribution in [0.1, 0.15) is 0 Å². The monoisotopic (exact) mass is 227 g/mol. The number of anilines is 1. The lowest BCUT2D eigenvalue weighted by atomic mass is 10.2. The molecule has 1 aromatic rings. The minimum Gasteiger partial charge on any atom is -0.493 e. The van der Waals surface area contributed by atoms with Gasteiger partial charge in [-0.05, 0) is 12.1 Å². The zero-order valence-electron chi connectivity index (χ0n) is 8.67. The molecule has 1 aromatic carbocycles. The SMILES string of the molecule is C#CCNc1ccc(OC)c(OC(F)F)c1. The highest BCUT2D eigenvalue weighted by atomic mass is 19.3. The lowest BCUT2D eigenvalue weighted by molar-refractivity contribution is -0.0511. The van der Waals surface area contributed by atoms with Crippen LogP contribution in [0.2, 0.25) is 0 Å². The summed E-state index contributed by atoms with van der Waals surface area (Å²) < 4.78 is 33.4. The van der Waals surface area contributed by atoms with Crippen molar-refractivity contribution in [1.82, 2.24) is 0 Å². The molecule has 0 atom stereocenters. The van der Waals surface area contributed by atoms with E-state index in [1.165, 1.54) is 19.2 Å². The predicted octanol–water partition coefficient (Wildman–Crippen LogP) is 2.34. The quantitative estimate of drug-likeness (QED) is 0.783. The molecule has 0 aliphatic heterocycles. The summed E-state index contributed by atoms with van der Waals surface area (Å²) in [5.74, 6) is 2.59. The first kappa shape index (κ1) is 12.1. The maximum atomic E-state index is 12.1. The van der Waals surface area contributed by atoms with Crippen LogP contribution in [0.15, 0.2) is 18.2 Å². The Morgan fingerprint density at radius 2 is 2.19 bits per heavy atom. The predicted molar refractivity (Wildman–Crippen MR) is 56.9 cm³/mol. The van der Waals surface area contributed by atoms with Crippen molar-refractivity contribution >= 4 is 5.69 Å². The van der Waals surface area contributed by atoms with Gasteiger partial charge in [0.05, 0.1) is 13.7 Å². The Kier molecular flexibility index (Phi) is 4.40. The van der Waals surface area contributed by atoms with Gasteiger partial charge in [0.2, 0.25) is 0 Å². The van der Waals surface area contributed by atoms with E-state index in [-0.39, 0.29) is 11.5 Å². The third-order valence-electron chi connectivity index (χ3n) is 1.77. The Hall–Kier alpha value is -1.96. The van der Waals surface area contributed by atoms with Gasteiger partial charge >= 0.3 is 6.61 Å². The maximum Gasteiger partial charge on any atom is 0.387 e. The van der Waals surface area contributed by atoms with Crippen molar-refractivity contribution in [3.63, 3.8) is 0 Å². The van der Waals surface area contributed by atoms with E-state index in [1.807, 2.05) is 0 Å². The van der Waals surface area contributed by atoms with Gasteiger partial charge in [-0.1, -0.05) is 5.92 Å². The largest absolute Gasteiger partial charge is 0.493 e. The number of methoxy groups -OCH3 is 1. The second-order valence-corrected chi connectivity index (χ2v) is 2.80. The van der Waals surface area contributed by atoms with Gasteiger partial charge in [-0.15, -0.1) is 6.42 Å². The summed E-state index contributed by atoms with van der Waals surface area (Å²) in [6, 6.07) is 4.59. The molecule has 0 fully saturated rings. The molecule has 0 aromatic heterocycles. The molecule has 0 saturated heterocycles. The summed E-state index contributed by atoms with van der Waals surface area (Å²) in [5.41, 5.74) is 0.592. The fourth-order valence-corrected chi connectivity index (χ4v) is 1.13. The highest BCUT2D eigenvalue weighted by molar-refractivity contribution is 5.55. The van der Waals surface area contributed by atoms with Crippen molar-refractivity contribution in [3.8, 4) is 23.8 Å². The van der Waals surface area contributed by atoms with Crippen LogP contribution < -0.4 is 14.8 Å². The Bertz CT molecular complexity index is 388. The molecule has 1 N–H and O–H groups in total. The zero-order chi connectivity index (χ0) is 12.0. The van der Waals surface area contributed by atoms with Gasteiger partial charge in [-0.3, -0.25) is 0 Å². The summed E-state index contributed by atoms with van der Waals surface area (Å²) in [6.45, 7) is -2.59. The Morgan fingerprint density at radius 3 is 2.75 bits per heavy atom. The summed E-state index contributed by atoms with van der Waals surface area (Å²) in [7, 11) is 1.38. The first-order chi connectivity index (χ1) is 7.67. The molecule has 0 radical (unpaired) electrons. The third kappa shape index (κ3) is 3.31. The molecule has 86 valence electrons. The van der Waals surface area contributed by atoms with Crippen molar-refractivity contribution in [2.45, 2.75) is 6.61 Å². The smallest absolute Gasteiger partial charge is 0.387 e. The number of benzene rings is 1. The molecule has 0 amide bonds. The van der Waals surface area contributed by atoms with E-state index < -0.39 is 6.61 Å². The number of alkyl halides is 2. The molecule has 5 heteroatoms. The Morgan fingerprint density at radius 1 is 1.44 bits per heavy atom. The highest BCUT2D eigenvalue weighted by Gasteiger charge is 2.10. The first-order valence-electron chi connectivity index (χ1n) is 4.47. The third-order valence-corrected chi connectivity index (χ3v) is 1.77. The number of halogens is 2. The van der Waals surface area contributed by atoms with E-state index in [4.69, 9.17) is 11.2 Å². The number of terminal acetylenes is 1. The summed E-state index contributed by atoms with van der Waals surface area (Å²) >= 11 is 0. The van der Waals surface area contributed by atoms with Crippen molar-refractivity contribution in [2.24, 2.45) is 0 Å². The zero-order valence-corrected chi connectivity index (χ0v) is 8.67. The topological polar surface area (TPSA) is 30.5 Å². The summed E-state index contributed by atoms with van der Waals surface area (Å²) in [5, 5.41) is 2.84. The number of nitrogens with one attached hydrogen (secondary N) is 1. The summed E-state index contributed by atoms with van der Waals surface area (Å²) in [4.78, 5) is 0.